The van der Waals surface area contributed by atoms with Gasteiger partial charge in [0.15, 0.2) is 0 Å². The summed E-state index contributed by atoms with van der Waals surface area (Å²) in [6, 6.07) is 8.60. The fourth-order valence-corrected chi connectivity index (χ4v) is 1.73. The number of amides is 2. The summed E-state index contributed by atoms with van der Waals surface area (Å²) in [7, 11) is 1.59. The molecular weight excluding hydrogens is 242 g/mol. The molecule has 5 heteroatoms. The van der Waals surface area contributed by atoms with Crippen LogP contribution < -0.4 is 11.1 Å². The van der Waals surface area contributed by atoms with Crippen molar-refractivity contribution in [2.75, 3.05) is 18.9 Å². The minimum Gasteiger partial charge on any atom is -0.335 e. The molecule has 0 aliphatic heterocycles. The van der Waals surface area contributed by atoms with Gasteiger partial charge in [-0.15, -0.1) is 0 Å². The van der Waals surface area contributed by atoms with Gasteiger partial charge in [0.2, 0.25) is 11.8 Å². The summed E-state index contributed by atoms with van der Waals surface area (Å²) in [4.78, 5) is 25.0. The fourth-order valence-electron chi connectivity index (χ4n) is 1.73. The molecule has 0 aliphatic carbocycles. The Morgan fingerprint density at radius 2 is 1.95 bits per heavy atom. The number of para-hydroxylation sites is 1. The van der Waals surface area contributed by atoms with Gasteiger partial charge >= 0.3 is 0 Å². The molecule has 0 aromatic heterocycles. The molecule has 1 aromatic carbocycles. The first-order valence-corrected chi connectivity index (χ1v) is 6.40. The van der Waals surface area contributed by atoms with E-state index in [9.17, 15) is 9.59 Å². The molecule has 5 nitrogen and oxygen atoms in total. The average Bonchev–Trinajstić information content (AvgIpc) is 2.39. The maximum absolute atomic E-state index is 11.8. The zero-order chi connectivity index (χ0) is 14.3. The van der Waals surface area contributed by atoms with Crippen LogP contribution in [0.25, 0.3) is 0 Å². The van der Waals surface area contributed by atoms with Crippen molar-refractivity contribution in [2.45, 2.75) is 25.8 Å². The summed E-state index contributed by atoms with van der Waals surface area (Å²) < 4.78 is 0. The van der Waals surface area contributed by atoms with Gasteiger partial charge in [0, 0.05) is 12.7 Å². The number of nitrogens with zero attached hydrogens (tertiary/aromatic N) is 1. The highest BCUT2D eigenvalue weighted by molar-refractivity contribution is 5.95. The lowest BCUT2D eigenvalue weighted by Crippen LogP contribution is -2.44. The molecule has 19 heavy (non-hydrogen) atoms. The van der Waals surface area contributed by atoms with Crippen LogP contribution in [0.4, 0.5) is 5.69 Å². The second-order valence-corrected chi connectivity index (χ2v) is 4.50. The standard InChI is InChI=1S/C14H21N3O2/c1-3-7-12(15)14(19)17(2)10-13(18)16-11-8-5-4-6-9-11/h4-6,8-9,12H,3,7,10,15H2,1-2H3,(H,16,18). The number of likely N-dealkylation sites (N-methyl/N-ethyl adjacent to an activating group) is 1. The minimum absolute atomic E-state index is 0.00510. The van der Waals surface area contributed by atoms with Gasteiger partial charge in [-0.25, -0.2) is 0 Å². The third-order valence-electron chi connectivity index (χ3n) is 2.73. The van der Waals surface area contributed by atoms with Crippen molar-refractivity contribution >= 4 is 17.5 Å². The van der Waals surface area contributed by atoms with Crippen LogP contribution >= 0.6 is 0 Å². The van der Waals surface area contributed by atoms with Crippen molar-refractivity contribution in [1.29, 1.82) is 0 Å². The highest BCUT2D eigenvalue weighted by atomic mass is 16.2. The van der Waals surface area contributed by atoms with Crippen LogP contribution in [0.5, 0.6) is 0 Å². The van der Waals surface area contributed by atoms with Gasteiger partial charge in [0.05, 0.1) is 12.6 Å². The number of carbonyl (C=O) groups is 2. The molecule has 1 unspecified atom stereocenters. The number of rotatable bonds is 6. The van der Waals surface area contributed by atoms with Gasteiger partial charge < -0.3 is 16.0 Å². The maximum atomic E-state index is 11.8. The van der Waals surface area contributed by atoms with E-state index in [1.165, 1.54) is 4.90 Å². The Kier molecular flexibility index (Phi) is 6.02. The molecule has 0 spiro atoms. The molecule has 0 radical (unpaired) electrons. The Labute approximate surface area is 113 Å². The van der Waals surface area contributed by atoms with Crippen LogP contribution in [0.15, 0.2) is 30.3 Å². The lowest BCUT2D eigenvalue weighted by molar-refractivity contribution is -0.134. The molecular formula is C14H21N3O2. The highest BCUT2D eigenvalue weighted by Gasteiger charge is 2.19. The van der Waals surface area contributed by atoms with Gasteiger partial charge in [0.25, 0.3) is 0 Å². The van der Waals surface area contributed by atoms with Gasteiger partial charge in [-0.1, -0.05) is 31.5 Å². The summed E-state index contributed by atoms with van der Waals surface area (Å²) in [5.74, 6) is -0.434. The molecule has 0 aliphatic rings. The number of hydrogen-bond acceptors (Lipinski definition) is 3. The second kappa shape index (κ2) is 7.53. The number of nitrogens with two attached hydrogens (primary N) is 1. The smallest absolute Gasteiger partial charge is 0.243 e. The van der Waals surface area contributed by atoms with Gasteiger partial charge in [-0.2, -0.15) is 0 Å². The molecule has 104 valence electrons. The van der Waals surface area contributed by atoms with Gasteiger partial charge in [-0.3, -0.25) is 9.59 Å². The molecule has 1 aromatic rings. The fraction of sp³-hybridized carbons (Fsp3) is 0.429. The summed E-state index contributed by atoms with van der Waals surface area (Å²) in [5, 5.41) is 2.72. The largest absolute Gasteiger partial charge is 0.335 e. The van der Waals surface area contributed by atoms with Crippen molar-refractivity contribution in [3.63, 3.8) is 0 Å². The van der Waals surface area contributed by atoms with E-state index < -0.39 is 6.04 Å². The topological polar surface area (TPSA) is 75.4 Å². The van der Waals surface area contributed by atoms with Gasteiger partial charge in [0.1, 0.15) is 0 Å². The second-order valence-electron chi connectivity index (χ2n) is 4.50. The SMILES string of the molecule is CCCC(N)C(=O)N(C)CC(=O)Nc1ccccc1. The van der Waals surface area contributed by atoms with E-state index >= 15 is 0 Å². The predicted molar refractivity (Wildman–Crippen MR) is 75.6 cm³/mol. The third-order valence-corrected chi connectivity index (χ3v) is 2.73. The van der Waals surface area contributed by atoms with Crippen molar-refractivity contribution in [2.24, 2.45) is 5.73 Å². The normalized spacial score (nSPS) is 11.7. The Morgan fingerprint density at radius 1 is 1.32 bits per heavy atom. The Hall–Kier alpha value is -1.88. The first kappa shape index (κ1) is 15.2. The molecule has 0 saturated heterocycles. The van der Waals surface area contributed by atoms with Gasteiger partial charge in [-0.05, 0) is 18.6 Å². The highest BCUT2D eigenvalue weighted by Crippen LogP contribution is 2.05. The molecule has 0 fully saturated rings. The Bertz CT molecular complexity index is 420. The molecule has 2 amide bonds. The molecule has 0 saturated carbocycles. The zero-order valence-corrected chi connectivity index (χ0v) is 11.4. The summed E-state index contributed by atoms with van der Waals surface area (Å²) >= 11 is 0. The van der Waals surface area contributed by atoms with Crippen LogP contribution in [0, 0.1) is 0 Å². The van der Waals surface area contributed by atoms with E-state index in [0.29, 0.717) is 12.1 Å². The van der Waals surface area contributed by atoms with Crippen LogP contribution in [-0.2, 0) is 9.59 Å². The van der Waals surface area contributed by atoms with E-state index in [-0.39, 0.29) is 18.4 Å². The minimum atomic E-state index is -0.528. The van der Waals surface area contributed by atoms with Crippen LogP contribution in [0.2, 0.25) is 0 Å². The predicted octanol–water partition coefficient (Wildman–Crippen LogP) is 1.21. The first-order valence-electron chi connectivity index (χ1n) is 6.40. The molecule has 1 rings (SSSR count). The first-order chi connectivity index (χ1) is 9.04. The van der Waals surface area contributed by atoms with E-state index in [1.807, 2.05) is 25.1 Å². The van der Waals surface area contributed by atoms with Crippen molar-refractivity contribution in [1.82, 2.24) is 4.90 Å². The third kappa shape index (κ3) is 5.09. The van der Waals surface area contributed by atoms with Crippen molar-refractivity contribution in [3.05, 3.63) is 30.3 Å². The quantitative estimate of drug-likeness (QED) is 0.810. The lowest BCUT2D eigenvalue weighted by atomic mass is 10.1. The molecule has 3 N–H and O–H groups in total. The zero-order valence-electron chi connectivity index (χ0n) is 11.4. The number of carbonyl (C=O) groups excluding carboxylic acids is 2. The van der Waals surface area contributed by atoms with E-state index in [2.05, 4.69) is 5.32 Å². The average molecular weight is 263 g/mol. The molecule has 0 heterocycles. The molecule has 0 bridgehead atoms. The van der Waals surface area contributed by atoms with Crippen LogP contribution in [-0.4, -0.2) is 36.3 Å². The van der Waals surface area contributed by atoms with Crippen LogP contribution in [0.3, 0.4) is 0 Å². The van der Waals surface area contributed by atoms with Crippen LogP contribution in [0.1, 0.15) is 19.8 Å². The Balaban J connectivity index is 2.46. The summed E-state index contributed by atoms with van der Waals surface area (Å²) in [5.41, 5.74) is 6.45. The number of benzene rings is 1. The summed E-state index contributed by atoms with van der Waals surface area (Å²) in [6.07, 6.45) is 1.47. The van der Waals surface area contributed by atoms with E-state index in [0.717, 1.165) is 6.42 Å². The maximum Gasteiger partial charge on any atom is 0.243 e. The Morgan fingerprint density at radius 3 is 2.53 bits per heavy atom. The van der Waals surface area contributed by atoms with Crippen molar-refractivity contribution < 1.29 is 9.59 Å². The monoisotopic (exact) mass is 263 g/mol. The number of anilines is 1. The van der Waals surface area contributed by atoms with E-state index in [1.54, 1.807) is 19.2 Å². The summed E-state index contributed by atoms with van der Waals surface area (Å²) in [6.45, 7) is 1.97. The lowest BCUT2D eigenvalue weighted by Gasteiger charge is -2.20. The van der Waals surface area contributed by atoms with E-state index in [4.69, 9.17) is 5.73 Å². The van der Waals surface area contributed by atoms with Crippen molar-refractivity contribution in [3.8, 4) is 0 Å². The molecule has 1 atom stereocenters. The number of nitrogens with one attached hydrogen (secondary N) is 1. The number of hydrogen-bond donors (Lipinski definition) is 2.